The first-order valence-corrected chi connectivity index (χ1v) is 10.4. The molecule has 0 saturated carbocycles. The van der Waals surface area contributed by atoms with Gasteiger partial charge in [-0.15, -0.1) is 10.2 Å². The van der Waals surface area contributed by atoms with Gasteiger partial charge in [0.2, 0.25) is 0 Å². The molecule has 3 aromatic rings. The van der Waals surface area contributed by atoms with Crippen molar-refractivity contribution in [2.75, 3.05) is 5.75 Å². The molecule has 138 valence electrons. The molecule has 5 heteroatoms. The van der Waals surface area contributed by atoms with E-state index < -0.39 is 0 Å². The highest BCUT2D eigenvalue weighted by atomic mass is 32.2. The maximum atomic E-state index is 12.7. The molecule has 0 bridgehead atoms. The molecule has 2 aromatic carbocycles. The lowest BCUT2D eigenvalue weighted by atomic mass is 10.0. The normalized spacial score (nSPS) is 13.0. The van der Waals surface area contributed by atoms with Crippen LogP contribution in [-0.4, -0.2) is 26.3 Å². The maximum absolute atomic E-state index is 12.7. The van der Waals surface area contributed by atoms with Crippen molar-refractivity contribution in [3.63, 3.8) is 0 Å². The summed E-state index contributed by atoms with van der Waals surface area (Å²) in [6.45, 7) is 4.92. The molecule has 0 N–H and O–H groups in total. The lowest BCUT2D eigenvalue weighted by Gasteiger charge is -2.08. The fourth-order valence-electron chi connectivity index (χ4n) is 3.64. The lowest BCUT2D eigenvalue weighted by molar-refractivity contribution is 0.102. The number of hydrogen-bond donors (Lipinski definition) is 0. The van der Waals surface area contributed by atoms with E-state index >= 15 is 0 Å². The number of benzene rings is 2. The Morgan fingerprint density at radius 2 is 1.96 bits per heavy atom. The third-order valence-electron chi connectivity index (χ3n) is 5.06. The third kappa shape index (κ3) is 3.69. The summed E-state index contributed by atoms with van der Waals surface area (Å²) in [6, 6.07) is 14.4. The molecule has 4 rings (SSSR count). The molecule has 1 aromatic heterocycles. The smallest absolute Gasteiger partial charge is 0.191 e. The summed E-state index contributed by atoms with van der Waals surface area (Å²) in [6.07, 6.45) is 3.43. The van der Waals surface area contributed by atoms with Gasteiger partial charge in [0.1, 0.15) is 0 Å². The molecule has 1 heterocycles. The Labute approximate surface area is 164 Å². The van der Waals surface area contributed by atoms with E-state index in [1.807, 2.05) is 18.2 Å². The van der Waals surface area contributed by atoms with Gasteiger partial charge in [-0.1, -0.05) is 47.7 Å². The van der Waals surface area contributed by atoms with E-state index in [0.29, 0.717) is 5.75 Å². The van der Waals surface area contributed by atoms with Crippen LogP contribution in [-0.2, 0) is 19.4 Å². The Hall–Kier alpha value is -2.40. The minimum Gasteiger partial charge on any atom is -0.302 e. The molecule has 0 aliphatic heterocycles. The van der Waals surface area contributed by atoms with E-state index in [0.717, 1.165) is 41.5 Å². The van der Waals surface area contributed by atoms with E-state index in [1.54, 1.807) is 0 Å². The monoisotopic (exact) mass is 377 g/mol. The number of carbonyl (C=O) groups excluding carboxylic acids is 1. The summed E-state index contributed by atoms with van der Waals surface area (Å²) in [5, 5.41) is 9.51. The minimum atomic E-state index is 0.150. The summed E-state index contributed by atoms with van der Waals surface area (Å²) in [4.78, 5) is 12.7. The molecular weight excluding hydrogens is 354 g/mol. The Morgan fingerprint density at radius 1 is 1.11 bits per heavy atom. The summed E-state index contributed by atoms with van der Waals surface area (Å²) in [5.41, 5.74) is 5.79. The molecule has 0 atom stereocenters. The largest absolute Gasteiger partial charge is 0.302 e. The molecule has 27 heavy (non-hydrogen) atoms. The lowest BCUT2D eigenvalue weighted by Crippen LogP contribution is -2.06. The molecular formula is C22H23N3OS. The van der Waals surface area contributed by atoms with Crippen LogP contribution in [0, 0.1) is 6.92 Å². The number of thioether (sulfide) groups is 1. The highest BCUT2D eigenvalue weighted by Gasteiger charge is 2.17. The number of fused-ring (bicyclic) bond motifs is 1. The van der Waals surface area contributed by atoms with Crippen LogP contribution < -0.4 is 0 Å². The Morgan fingerprint density at radius 3 is 2.78 bits per heavy atom. The highest BCUT2D eigenvalue weighted by Crippen LogP contribution is 2.26. The zero-order valence-corrected chi connectivity index (χ0v) is 16.6. The van der Waals surface area contributed by atoms with E-state index in [9.17, 15) is 4.79 Å². The van der Waals surface area contributed by atoms with Gasteiger partial charge in [0.05, 0.1) is 5.75 Å². The maximum Gasteiger partial charge on any atom is 0.191 e. The van der Waals surface area contributed by atoms with Gasteiger partial charge >= 0.3 is 0 Å². The van der Waals surface area contributed by atoms with Crippen molar-refractivity contribution in [3.05, 3.63) is 64.7 Å². The van der Waals surface area contributed by atoms with Gasteiger partial charge < -0.3 is 4.57 Å². The average Bonchev–Trinajstić information content (AvgIpc) is 3.31. The SMILES string of the molecule is CCn1c(SCC(=O)c2ccc3c(c2)CCC3)nnc1-c1cccc(C)c1. The van der Waals surface area contributed by atoms with Crippen LogP contribution in [0.25, 0.3) is 11.4 Å². The number of aromatic nitrogens is 3. The number of Topliss-reactive ketones (excluding diaryl/α,β-unsaturated/α-hetero) is 1. The second kappa shape index (κ2) is 7.69. The molecule has 0 fully saturated rings. The van der Waals surface area contributed by atoms with Crippen molar-refractivity contribution in [1.29, 1.82) is 0 Å². The van der Waals surface area contributed by atoms with Crippen LogP contribution in [0.5, 0.6) is 0 Å². The van der Waals surface area contributed by atoms with Gasteiger partial charge in [0.15, 0.2) is 16.8 Å². The van der Waals surface area contributed by atoms with Gasteiger partial charge in [-0.2, -0.15) is 0 Å². The van der Waals surface area contributed by atoms with Crippen LogP contribution in [0.3, 0.4) is 0 Å². The topological polar surface area (TPSA) is 47.8 Å². The van der Waals surface area contributed by atoms with Gasteiger partial charge in [0.25, 0.3) is 0 Å². The van der Waals surface area contributed by atoms with Crippen LogP contribution in [0.15, 0.2) is 47.6 Å². The second-order valence-electron chi connectivity index (χ2n) is 6.97. The van der Waals surface area contributed by atoms with Gasteiger partial charge in [0, 0.05) is 17.7 Å². The van der Waals surface area contributed by atoms with Crippen LogP contribution in [0.2, 0.25) is 0 Å². The predicted octanol–water partition coefficient (Wildman–Crippen LogP) is 4.74. The zero-order chi connectivity index (χ0) is 18.8. The predicted molar refractivity (Wildman–Crippen MR) is 109 cm³/mol. The van der Waals surface area contributed by atoms with Crippen molar-refractivity contribution in [3.8, 4) is 11.4 Å². The quantitative estimate of drug-likeness (QED) is 0.460. The number of ketones is 1. The molecule has 0 unspecified atom stereocenters. The van der Waals surface area contributed by atoms with Gasteiger partial charge in [-0.3, -0.25) is 4.79 Å². The van der Waals surface area contributed by atoms with Crippen molar-refractivity contribution in [2.24, 2.45) is 0 Å². The number of aryl methyl sites for hydroxylation is 3. The van der Waals surface area contributed by atoms with Crippen LogP contribution in [0.4, 0.5) is 0 Å². The van der Waals surface area contributed by atoms with E-state index in [4.69, 9.17) is 0 Å². The Kier molecular flexibility index (Phi) is 5.12. The molecule has 1 aliphatic rings. The first kappa shape index (κ1) is 18.0. The number of rotatable bonds is 6. The summed E-state index contributed by atoms with van der Waals surface area (Å²) >= 11 is 1.47. The summed E-state index contributed by atoms with van der Waals surface area (Å²) in [5.74, 6) is 1.39. The fourth-order valence-corrected chi connectivity index (χ4v) is 4.53. The van der Waals surface area contributed by atoms with Crippen molar-refractivity contribution < 1.29 is 4.79 Å². The van der Waals surface area contributed by atoms with E-state index in [1.165, 1.54) is 34.9 Å². The number of carbonyl (C=O) groups is 1. The average molecular weight is 378 g/mol. The fraction of sp³-hybridized carbons (Fsp3) is 0.318. The van der Waals surface area contributed by atoms with Gasteiger partial charge in [-0.25, -0.2) is 0 Å². The number of nitrogens with zero attached hydrogens (tertiary/aromatic N) is 3. The van der Waals surface area contributed by atoms with Crippen molar-refractivity contribution in [1.82, 2.24) is 14.8 Å². The van der Waals surface area contributed by atoms with Crippen molar-refractivity contribution >= 4 is 17.5 Å². The standard InChI is InChI=1S/C22H23N3OS/c1-3-25-21(19-9-4-6-15(2)12-19)23-24-22(25)27-14-20(26)18-11-10-16-7-5-8-17(16)13-18/h4,6,9-13H,3,5,7-8,14H2,1-2H3. The summed E-state index contributed by atoms with van der Waals surface area (Å²) < 4.78 is 2.08. The molecule has 0 amide bonds. The number of hydrogen-bond acceptors (Lipinski definition) is 4. The Balaban J connectivity index is 1.51. The van der Waals surface area contributed by atoms with Crippen LogP contribution >= 0.6 is 11.8 Å². The highest BCUT2D eigenvalue weighted by molar-refractivity contribution is 7.99. The van der Waals surface area contributed by atoms with E-state index in [-0.39, 0.29) is 5.78 Å². The minimum absolute atomic E-state index is 0.150. The third-order valence-corrected chi connectivity index (χ3v) is 6.03. The van der Waals surface area contributed by atoms with Gasteiger partial charge in [-0.05, 0) is 56.4 Å². The Bertz CT molecular complexity index is 993. The molecule has 0 saturated heterocycles. The second-order valence-corrected chi connectivity index (χ2v) is 7.91. The van der Waals surface area contributed by atoms with Crippen molar-refractivity contribution in [2.45, 2.75) is 44.8 Å². The molecule has 0 spiro atoms. The summed E-state index contributed by atoms with van der Waals surface area (Å²) in [7, 11) is 0. The first-order valence-electron chi connectivity index (χ1n) is 9.43. The zero-order valence-electron chi connectivity index (χ0n) is 15.7. The molecule has 0 radical (unpaired) electrons. The first-order chi connectivity index (χ1) is 13.2. The van der Waals surface area contributed by atoms with Crippen LogP contribution in [0.1, 0.15) is 40.4 Å². The molecule has 1 aliphatic carbocycles. The van der Waals surface area contributed by atoms with E-state index in [2.05, 4.69) is 52.9 Å². The molecule has 4 nitrogen and oxygen atoms in total.